The van der Waals surface area contributed by atoms with Gasteiger partial charge >= 0.3 is 0 Å². The molecule has 2 atom stereocenters. The van der Waals surface area contributed by atoms with Gasteiger partial charge in [-0.2, -0.15) is 11.8 Å². The van der Waals surface area contributed by atoms with Gasteiger partial charge in [0.15, 0.2) is 0 Å². The summed E-state index contributed by atoms with van der Waals surface area (Å²) < 4.78 is 0. The van der Waals surface area contributed by atoms with Gasteiger partial charge in [0, 0.05) is 17.6 Å². The summed E-state index contributed by atoms with van der Waals surface area (Å²) in [7, 11) is 0. The molecule has 0 radical (unpaired) electrons. The van der Waals surface area contributed by atoms with Crippen molar-refractivity contribution in [2.45, 2.75) is 25.7 Å². The van der Waals surface area contributed by atoms with Crippen LogP contribution in [-0.4, -0.2) is 23.3 Å². The predicted molar refractivity (Wildman–Crippen MR) is 76.1 cm³/mol. The van der Waals surface area contributed by atoms with Crippen molar-refractivity contribution in [2.24, 2.45) is 5.41 Å². The van der Waals surface area contributed by atoms with E-state index < -0.39 is 0 Å². The molecule has 0 bridgehead atoms. The van der Waals surface area contributed by atoms with E-state index in [0.717, 1.165) is 23.5 Å². The van der Waals surface area contributed by atoms with Gasteiger partial charge in [0.1, 0.15) is 0 Å². The third-order valence-corrected chi connectivity index (χ3v) is 5.47. The van der Waals surface area contributed by atoms with Crippen LogP contribution in [0.5, 0.6) is 0 Å². The minimum atomic E-state index is -0.180. The van der Waals surface area contributed by atoms with Crippen molar-refractivity contribution in [2.75, 3.05) is 11.5 Å². The highest BCUT2D eigenvalue weighted by Gasteiger charge is 2.50. The van der Waals surface area contributed by atoms with Crippen molar-refractivity contribution in [1.29, 1.82) is 0 Å². The number of amides is 2. The Morgan fingerprint density at radius 2 is 2.00 bits per heavy atom. The summed E-state index contributed by atoms with van der Waals surface area (Å²) in [5, 5.41) is 2.51. The Bertz CT molecular complexity index is 517. The lowest BCUT2D eigenvalue weighted by molar-refractivity contribution is -0.139. The average molecular weight is 275 g/mol. The molecule has 1 spiro atoms. The average Bonchev–Trinajstić information content (AvgIpc) is 2.79. The fraction of sp³-hybridized carbons (Fsp3) is 0.467. The molecule has 2 heterocycles. The highest BCUT2D eigenvalue weighted by molar-refractivity contribution is 7.99. The molecule has 2 aliphatic heterocycles. The van der Waals surface area contributed by atoms with E-state index >= 15 is 0 Å². The summed E-state index contributed by atoms with van der Waals surface area (Å²) in [6.07, 6.45) is 1.43. The fourth-order valence-corrected chi connectivity index (χ4v) is 4.72. The second-order valence-electron chi connectivity index (χ2n) is 5.60. The lowest BCUT2D eigenvalue weighted by Crippen LogP contribution is -2.50. The lowest BCUT2D eigenvalue weighted by Gasteiger charge is -2.39. The van der Waals surface area contributed by atoms with E-state index in [1.165, 1.54) is 5.56 Å². The van der Waals surface area contributed by atoms with Gasteiger partial charge in [-0.05, 0) is 24.7 Å². The van der Waals surface area contributed by atoms with Crippen LogP contribution in [-0.2, 0) is 9.59 Å². The molecule has 3 nitrogen and oxygen atoms in total. The number of benzene rings is 1. The number of carbonyl (C=O) groups is 2. The zero-order valence-corrected chi connectivity index (χ0v) is 11.8. The first kappa shape index (κ1) is 12.7. The molecule has 1 aromatic rings. The first-order chi connectivity index (χ1) is 9.11. The van der Waals surface area contributed by atoms with Crippen LogP contribution in [0.3, 0.4) is 0 Å². The molecule has 0 saturated carbocycles. The number of hydrogen-bond acceptors (Lipinski definition) is 3. The van der Waals surface area contributed by atoms with E-state index in [-0.39, 0.29) is 23.1 Å². The van der Waals surface area contributed by atoms with E-state index in [1.807, 2.05) is 43.0 Å². The molecule has 1 N–H and O–H groups in total. The molecule has 0 aromatic heterocycles. The quantitative estimate of drug-likeness (QED) is 0.800. The van der Waals surface area contributed by atoms with Gasteiger partial charge in [-0.1, -0.05) is 29.8 Å². The first-order valence-corrected chi connectivity index (χ1v) is 7.74. The lowest BCUT2D eigenvalue weighted by atomic mass is 9.67. The van der Waals surface area contributed by atoms with Gasteiger partial charge in [0.2, 0.25) is 11.8 Å². The molecule has 0 aliphatic carbocycles. The molecule has 100 valence electrons. The second kappa shape index (κ2) is 4.67. The molecule has 2 fully saturated rings. The molecule has 2 unspecified atom stereocenters. The molecule has 3 rings (SSSR count). The van der Waals surface area contributed by atoms with Crippen molar-refractivity contribution in [3.8, 4) is 0 Å². The van der Waals surface area contributed by atoms with Crippen LogP contribution in [0.25, 0.3) is 0 Å². The van der Waals surface area contributed by atoms with Gasteiger partial charge < -0.3 is 0 Å². The molecule has 4 heteroatoms. The van der Waals surface area contributed by atoms with Crippen molar-refractivity contribution in [3.63, 3.8) is 0 Å². The molecule has 19 heavy (non-hydrogen) atoms. The Kier molecular flexibility index (Phi) is 3.13. The fourth-order valence-electron chi connectivity index (χ4n) is 3.21. The molecular weight excluding hydrogens is 258 g/mol. The highest BCUT2D eigenvalue weighted by Crippen LogP contribution is 2.51. The predicted octanol–water partition coefficient (Wildman–Crippen LogP) is 2.25. The van der Waals surface area contributed by atoms with Gasteiger partial charge in [0.05, 0.1) is 5.92 Å². The van der Waals surface area contributed by atoms with Gasteiger partial charge in [0.25, 0.3) is 0 Å². The van der Waals surface area contributed by atoms with E-state index in [1.54, 1.807) is 0 Å². The van der Waals surface area contributed by atoms with E-state index in [0.29, 0.717) is 6.42 Å². The highest BCUT2D eigenvalue weighted by atomic mass is 32.2. The Morgan fingerprint density at radius 1 is 1.26 bits per heavy atom. The monoisotopic (exact) mass is 275 g/mol. The van der Waals surface area contributed by atoms with Crippen molar-refractivity contribution < 1.29 is 9.59 Å². The third kappa shape index (κ3) is 2.18. The number of hydrogen-bond donors (Lipinski definition) is 1. The minimum absolute atomic E-state index is 0.115. The van der Waals surface area contributed by atoms with Gasteiger partial charge in [-0.15, -0.1) is 0 Å². The van der Waals surface area contributed by atoms with Crippen LogP contribution >= 0.6 is 11.8 Å². The normalized spacial score (nSPS) is 30.7. The van der Waals surface area contributed by atoms with E-state index in [4.69, 9.17) is 0 Å². The van der Waals surface area contributed by atoms with Crippen molar-refractivity contribution >= 4 is 23.6 Å². The van der Waals surface area contributed by atoms with Crippen LogP contribution in [0.15, 0.2) is 24.3 Å². The minimum Gasteiger partial charge on any atom is -0.296 e. The summed E-state index contributed by atoms with van der Waals surface area (Å²) in [4.78, 5) is 24.0. The smallest absolute Gasteiger partial charge is 0.234 e. The van der Waals surface area contributed by atoms with Crippen LogP contribution in [0.4, 0.5) is 0 Å². The van der Waals surface area contributed by atoms with E-state index in [9.17, 15) is 9.59 Å². The number of carbonyl (C=O) groups excluding carboxylic acids is 2. The van der Waals surface area contributed by atoms with Crippen LogP contribution < -0.4 is 5.32 Å². The Hall–Kier alpha value is -1.29. The van der Waals surface area contributed by atoms with Gasteiger partial charge in [-0.25, -0.2) is 0 Å². The van der Waals surface area contributed by atoms with Crippen molar-refractivity contribution in [1.82, 2.24) is 5.32 Å². The summed E-state index contributed by atoms with van der Waals surface area (Å²) >= 11 is 1.85. The SMILES string of the molecule is Cc1ccc(C2C(=O)NC(=O)CC23CCSC3)cc1. The topological polar surface area (TPSA) is 46.2 Å². The largest absolute Gasteiger partial charge is 0.296 e. The number of aryl methyl sites for hydroxylation is 1. The first-order valence-electron chi connectivity index (χ1n) is 6.59. The Labute approximate surface area is 117 Å². The third-order valence-electron chi connectivity index (χ3n) is 4.19. The molecule has 2 saturated heterocycles. The maximum atomic E-state index is 12.3. The number of thioether (sulfide) groups is 1. The number of rotatable bonds is 1. The number of imide groups is 1. The molecule has 2 aliphatic rings. The Morgan fingerprint density at radius 3 is 2.63 bits per heavy atom. The molecular formula is C15H17NO2S. The zero-order chi connectivity index (χ0) is 13.5. The van der Waals surface area contributed by atoms with Crippen molar-refractivity contribution in [3.05, 3.63) is 35.4 Å². The summed E-state index contributed by atoms with van der Waals surface area (Å²) in [6.45, 7) is 2.04. The standard InChI is InChI=1S/C15H17NO2S/c1-10-2-4-11(5-3-10)13-14(18)16-12(17)8-15(13)6-7-19-9-15/h2-5,13H,6-9H2,1H3,(H,16,17,18). The van der Waals surface area contributed by atoms with Crippen LogP contribution in [0.1, 0.15) is 29.9 Å². The maximum Gasteiger partial charge on any atom is 0.234 e. The summed E-state index contributed by atoms with van der Waals surface area (Å²) in [5.74, 6) is 1.53. The second-order valence-corrected chi connectivity index (χ2v) is 6.70. The molecule has 2 amide bonds. The van der Waals surface area contributed by atoms with Gasteiger partial charge in [-0.3, -0.25) is 14.9 Å². The number of nitrogens with one attached hydrogen (secondary N) is 1. The molecule has 1 aromatic carbocycles. The Balaban J connectivity index is 2.02. The zero-order valence-electron chi connectivity index (χ0n) is 10.9. The summed E-state index contributed by atoms with van der Waals surface area (Å²) in [5.41, 5.74) is 2.06. The van der Waals surface area contributed by atoms with Crippen LogP contribution in [0, 0.1) is 12.3 Å². The summed E-state index contributed by atoms with van der Waals surface area (Å²) in [6, 6.07) is 8.13. The number of piperidine rings is 1. The maximum absolute atomic E-state index is 12.3. The van der Waals surface area contributed by atoms with E-state index in [2.05, 4.69) is 5.32 Å². The van der Waals surface area contributed by atoms with Crippen LogP contribution in [0.2, 0.25) is 0 Å².